The molecule has 0 radical (unpaired) electrons. The molecule has 1 aromatic rings. The second kappa shape index (κ2) is 3.85. The van der Waals surface area contributed by atoms with Crippen molar-refractivity contribution in [2.75, 3.05) is 11.5 Å². The van der Waals surface area contributed by atoms with E-state index in [1.54, 1.807) is 4.68 Å². The molecule has 16 heavy (non-hydrogen) atoms. The zero-order valence-corrected chi connectivity index (χ0v) is 10.3. The molecule has 5 nitrogen and oxygen atoms in total. The average Bonchev–Trinajstić information content (AvgIpc) is 2.68. The molecule has 1 fully saturated rings. The summed E-state index contributed by atoms with van der Waals surface area (Å²) >= 11 is 0. The highest BCUT2D eigenvalue weighted by Crippen LogP contribution is 2.26. The molecule has 1 aliphatic heterocycles. The predicted octanol–water partition coefficient (Wildman–Crippen LogP) is 0.352. The molecule has 1 unspecified atom stereocenters. The first kappa shape index (κ1) is 11.6. The minimum absolute atomic E-state index is 0.0445. The third kappa shape index (κ3) is 1.87. The summed E-state index contributed by atoms with van der Waals surface area (Å²) in [5.74, 6) is 0.407. The Morgan fingerprint density at radius 1 is 1.50 bits per heavy atom. The van der Waals surface area contributed by atoms with Gasteiger partial charge in [0.1, 0.15) is 0 Å². The minimum Gasteiger partial charge on any atom is -0.392 e. The van der Waals surface area contributed by atoms with E-state index in [2.05, 4.69) is 5.10 Å². The smallest absolute Gasteiger partial charge is 0.152 e. The number of nitrogens with zero attached hydrogens (tertiary/aromatic N) is 2. The van der Waals surface area contributed by atoms with Crippen LogP contribution in [0.4, 0.5) is 0 Å². The summed E-state index contributed by atoms with van der Waals surface area (Å²) in [5, 5.41) is 13.5. The van der Waals surface area contributed by atoms with Crippen molar-refractivity contribution in [1.29, 1.82) is 0 Å². The van der Waals surface area contributed by atoms with Gasteiger partial charge in [-0.05, 0) is 20.3 Å². The first-order chi connectivity index (χ1) is 7.44. The lowest BCUT2D eigenvalue weighted by Crippen LogP contribution is -2.14. The van der Waals surface area contributed by atoms with E-state index in [0.29, 0.717) is 6.42 Å². The van der Waals surface area contributed by atoms with Crippen molar-refractivity contribution >= 4 is 9.84 Å². The van der Waals surface area contributed by atoms with E-state index in [4.69, 9.17) is 0 Å². The fraction of sp³-hybridized carbons (Fsp3) is 0.700. The third-order valence-corrected chi connectivity index (χ3v) is 4.94. The van der Waals surface area contributed by atoms with Gasteiger partial charge in [-0.25, -0.2) is 8.42 Å². The van der Waals surface area contributed by atoms with Gasteiger partial charge >= 0.3 is 0 Å². The molecule has 1 aliphatic rings. The lowest BCUT2D eigenvalue weighted by Gasteiger charge is -2.11. The Morgan fingerprint density at radius 2 is 2.19 bits per heavy atom. The van der Waals surface area contributed by atoms with Crippen LogP contribution in [-0.2, 0) is 16.4 Å². The van der Waals surface area contributed by atoms with Gasteiger partial charge in [-0.2, -0.15) is 5.10 Å². The van der Waals surface area contributed by atoms with Crippen LogP contribution in [0, 0.1) is 13.8 Å². The minimum atomic E-state index is -2.89. The number of rotatable bonds is 2. The highest BCUT2D eigenvalue weighted by molar-refractivity contribution is 7.91. The number of sulfone groups is 1. The van der Waals surface area contributed by atoms with Crippen molar-refractivity contribution in [3.63, 3.8) is 0 Å². The highest BCUT2D eigenvalue weighted by Gasteiger charge is 2.31. The Bertz CT molecular complexity index is 504. The van der Waals surface area contributed by atoms with Crippen molar-refractivity contribution in [2.45, 2.75) is 32.9 Å². The summed E-state index contributed by atoms with van der Waals surface area (Å²) < 4.78 is 24.5. The highest BCUT2D eigenvalue weighted by atomic mass is 32.2. The summed E-state index contributed by atoms with van der Waals surface area (Å²) in [6.45, 7) is 3.66. The Hall–Kier alpha value is -0.880. The molecule has 1 atom stereocenters. The molecule has 1 saturated heterocycles. The van der Waals surface area contributed by atoms with Crippen LogP contribution in [0.15, 0.2) is 0 Å². The van der Waals surface area contributed by atoms with Gasteiger partial charge in [-0.3, -0.25) is 4.68 Å². The largest absolute Gasteiger partial charge is 0.392 e. The summed E-state index contributed by atoms with van der Waals surface area (Å²) in [6, 6.07) is -0.0657. The third-order valence-electron chi connectivity index (χ3n) is 3.19. The van der Waals surface area contributed by atoms with E-state index in [-0.39, 0.29) is 24.2 Å². The SMILES string of the molecule is Cc1nn(C2CCS(=O)(=O)C2)c(C)c1CO. The van der Waals surface area contributed by atoms with Gasteiger partial charge in [0.15, 0.2) is 9.84 Å². The molecule has 0 amide bonds. The Morgan fingerprint density at radius 3 is 2.62 bits per heavy atom. The molecule has 0 bridgehead atoms. The zero-order chi connectivity index (χ0) is 11.9. The second-order valence-electron chi connectivity index (χ2n) is 4.31. The van der Waals surface area contributed by atoms with Gasteiger partial charge in [0.05, 0.1) is 29.8 Å². The molecule has 1 N–H and O–H groups in total. The molecule has 0 aromatic carbocycles. The van der Waals surface area contributed by atoms with Gasteiger partial charge < -0.3 is 5.11 Å². The molecule has 90 valence electrons. The Kier molecular flexibility index (Phi) is 2.79. The average molecular weight is 244 g/mol. The van der Waals surface area contributed by atoms with Gasteiger partial charge in [0, 0.05) is 11.3 Å². The number of aliphatic hydroxyl groups is 1. The molecule has 2 heterocycles. The normalized spacial score (nSPS) is 23.8. The maximum absolute atomic E-state index is 11.4. The molecule has 1 aromatic heterocycles. The monoisotopic (exact) mass is 244 g/mol. The van der Waals surface area contributed by atoms with Crippen LogP contribution in [0.3, 0.4) is 0 Å². The van der Waals surface area contributed by atoms with Crippen molar-refractivity contribution in [1.82, 2.24) is 9.78 Å². The van der Waals surface area contributed by atoms with Crippen LogP contribution in [0.2, 0.25) is 0 Å². The summed E-state index contributed by atoms with van der Waals surface area (Å²) in [4.78, 5) is 0. The number of hydrogen-bond donors (Lipinski definition) is 1. The summed E-state index contributed by atoms with van der Waals surface area (Å²) in [7, 11) is -2.89. The van der Waals surface area contributed by atoms with Crippen LogP contribution in [0.1, 0.15) is 29.4 Å². The number of aliphatic hydroxyl groups excluding tert-OH is 1. The van der Waals surface area contributed by atoms with Crippen molar-refractivity contribution in [2.24, 2.45) is 0 Å². The Labute approximate surface area is 95.0 Å². The van der Waals surface area contributed by atoms with Crippen LogP contribution in [0.5, 0.6) is 0 Å². The first-order valence-corrected chi connectivity index (χ1v) is 7.12. The van der Waals surface area contributed by atoms with Crippen molar-refractivity contribution < 1.29 is 13.5 Å². The molecule has 0 saturated carbocycles. The number of aromatic nitrogens is 2. The van der Waals surface area contributed by atoms with E-state index in [1.165, 1.54) is 0 Å². The maximum Gasteiger partial charge on any atom is 0.152 e. The van der Waals surface area contributed by atoms with Crippen LogP contribution >= 0.6 is 0 Å². The summed E-state index contributed by atoms with van der Waals surface area (Å²) in [6.07, 6.45) is 0.620. The first-order valence-electron chi connectivity index (χ1n) is 5.30. The lowest BCUT2D eigenvalue weighted by atomic mass is 10.2. The molecule has 0 spiro atoms. The standard InChI is InChI=1S/C10H16N2O3S/c1-7-10(5-13)8(2)12(11-7)9-3-4-16(14,15)6-9/h9,13H,3-6H2,1-2H3. The molecular weight excluding hydrogens is 228 g/mol. The van der Waals surface area contributed by atoms with Crippen LogP contribution in [0.25, 0.3) is 0 Å². The molecule has 0 aliphatic carbocycles. The van der Waals surface area contributed by atoms with Crippen LogP contribution < -0.4 is 0 Å². The van der Waals surface area contributed by atoms with Gasteiger partial charge in [0.2, 0.25) is 0 Å². The van der Waals surface area contributed by atoms with Crippen molar-refractivity contribution in [3.8, 4) is 0 Å². The maximum atomic E-state index is 11.4. The molecule has 2 rings (SSSR count). The van der Waals surface area contributed by atoms with Gasteiger partial charge in [0.25, 0.3) is 0 Å². The van der Waals surface area contributed by atoms with E-state index in [0.717, 1.165) is 17.0 Å². The van der Waals surface area contributed by atoms with Gasteiger partial charge in [-0.15, -0.1) is 0 Å². The van der Waals surface area contributed by atoms with E-state index in [9.17, 15) is 13.5 Å². The topological polar surface area (TPSA) is 72.2 Å². The Balaban J connectivity index is 2.36. The van der Waals surface area contributed by atoms with E-state index in [1.807, 2.05) is 13.8 Å². The fourth-order valence-electron chi connectivity index (χ4n) is 2.25. The van der Waals surface area contributed by atoms with E-state index < -0.39 is 9.84 Å². The van der Waals surface area contributed by atoms with Crippen LogP contribution in [-0.4, -0.2) is 34.8 Å². The lowest BCUT2D eigenvalue weighted by molar-refractivity contribution is 0.280. The fourth-order valence-corrected chi connectivity index (χ4v) is 3.94. The molecule has 6 heteroatoms. The predicted molar refractivity (Wildman–Crippen MR) is 59.9 cm³/mol. The molecular formula is C10H16N2O3S. The number of hydrogen-bond acceptors (Lipinski definition) is 4. The quantitative estimate of drug-likeness (QED) is 0.815. The summed E-state index contributed by atoms with van der Waals surface area (Å²) in [5.41, 5.74) is 2.47. The number of aryl methyl sites for hydroxylation is 1. The second-order valence-corrected chi connectivity index (χ2v) is 6.54. The van der Waals surface area contributed by atoms with E-state index >= 15 is 0 Å². The van der Waals surface area contributed by atoms with Crippen molar-refractivity contribution in [3.05, 3.63) is 17.0 Å². The van der Waals surface area contributed by atoms with Gasteiger partial charge in [-0.1, -0.05) is 0 Å². The zero-order valence-electron chi connectivity index (χ0n) is 9.47.